The van der Waals surface area contributed by atoms with Crippen molar-refractivity contribution in [1.82, 2.24) is 4.90 Å². The number of hydrogen-bond acceptors (Lipinski definition) is 4. The third kappa shape index (κ3) is 8.04. The quantitative estimate of drug-likeness (QED) is 0.428. The molecule has 2 unspecified atom stereocenters. The summed E-state index contributed by atoms with van der Waals surface area (Å²) in [6, 6.07) is 8.32. The minimum Gasteiger partial charge on any atom is -0.493 e. The van der Waals surface area contributed by atoms with Crippen molar-refractivity contribution in [2.75, 3.05) is 38.7 Å². The first-order valence-electron chi connectivity index (χ1n) is 11.7. The van der Waals surface area contributed by atoms with E-state index in [1.165, 1.54) is 19.6 Å². The summed E-state index contributed by atoms with van der Waals surface area (Å²) in [4.78, 5) is 14.8. The SMILES string of the molecule is COc1cc(NC(=O)CCc2ccc(C(F)(F)F)cc2Cl)ccc1OCCN1CC(C)CC(C)C1. The summed E-state index contributed by atoms with van der Waals surface area (Å²) in [5.41, 5.74) is 0.204. The molecule has 5 nitrogen and oxygen atoms in total. The van der Waals surface area contributed by atoms with Crippen LogP contribution < -0.4 is 14.8 Å². The van der Waals surface area contributed by atoms with Crippen molar-refractivity contribution in [2.24, 2.45) is 11.8 Å². The van der Waals surface area contributed by atoms with E-state index in [9.17, 15) is 18.0 Å². The number of ether oxygens (including phenoxy) is 2. The second-order valence-corrected chi connectivity index (χ2v) is 9.68. The van der Waals surface area contributed by atoms with Gasteiger partial charge in [0, 0.05) is 42.8 Å². The first-order chi connectivity index (χ1) is 16.5. The summed E-state index contributed by atoms with van der Waals surface area (Å²) in [5.74, 6) is 2.19. The lowest BCUT2D eigenvalue weighted by Crippen LogP contribution is -2.40. The average molecular weight is 513 g/mol. The summed E-state index contributed by atoms with van der Waals surface area (Å²) in [5, 5.41) is 2.77. The van der Waals surface area contributed by atoms with Crippen molar-refractivity contribution in [3.05, 3.63) is 52.5 Å². The molecule has 1 aliphatic heterocycles. The second kappa shape index (κ2) is 12.0. The number of alkyl halides is 3. The third-order valence-electron chi connectivity index (χ3n) is 6.06. The van der Waals surface area contributed by atoms with Crippen LogP contribution in [-0.4, -0.2) is 44.2 Å². The molecule has 2 aromatic carbocycles. The van der Waals surface area contributed by atoms with Gasteiger partial charge in [-0.3, -0.25) is 9.69 Å². The van der Waals surface area contributed by atoms with Gasteiger partial charge in [0.15, 0.2) is 11.5 Å². The van der Waals surface area contributed by atoms with Crippen LogP contribution in [0.25, 0.3) is 0 Å². The fraction of sp³-hybridized carbons (Fsp3) is 0.500. The van der Waals surface area contributed by atoms with Crippen LogP contribution in [0.15, 0.2) is 36.4 Å². The van der Waals surface area contributed by atoms with E-state index in [0.717, 1.165) is 31.8 Å². The van der Waals surface area contributed by atoms with Crippen molar-refractivity contribution in [2.45, 2.75) is 39.3 Å². The Morgan fingerprint density at radius 2 is 1.83 bits per heavy atom. The Bertz CT molecular complexity index is 1010. The molecule has 1 N–H and O–H groups in total. The minimum atomic E-state index is -4.46. The molecule has 2 aromatic rings. The third-order valence-corrected chi connectivity index (χ3v) is 6.41. The van der Waals surface area contributed by atoms with Gasteiger partial charge in [-0.25, -0.2) is 0 Å². The molecule has 1 fully saturated rings. The fourth-order valence-corrected chi connectivity index (χ4v) is 4.80. The van der Waals surface area contributed by atoms with E-state index in [2.05, 4.69) is 24.1 Å². The highest BCUT2D eigenvalue weighted by Gasteiger charge is 2.30. The number of amides is 1. The zero-order valence-corrected chi connectivity index (χ0v) is 21.0. The molecule has 0 bridgehead atoms. The number of rotatable bonds is 9. The molecular formula is C26H32ClF3N2O3. The molecule has 1 heterocycles. The first kappa shape index (κ1) is 27.1. The van der Waals surface area contributed by atoms with Gasteiger partial charge in [0.05, 0.1) is 12.7 Å². The van der Waals surface area contributed by atoms with E-state index in [0.29, 0.717) is 41.2 Å². The molecule has 1 amide bonds. The van der Waals surface area contributed by atoms with Gasteiger partial charge < -0.3 is 14.8 Å². The maximum absolute atomic E-state index is 12.8. The Labute approximate surface area is 209 Å². The number of halogens is 4. The van der Waals surface area contributed by atoms with Gasteiger partial charge in [-0.1, -0.05) is 31.5 Å². The molecule has 9 heteroatoms. The van der Waals surface area contributed by atoms with E-state index in [-0.39, 0.29) is 23.8 Å². The van der Waals surface area contributed by atoms with Crippen LogP contribution in [0.1, 0.15) is 37.8 Å². The summed E-state index contributed by atoms with van der Waals surface area (Å²) in [6.07, 6.45) is -2.91. The molecular weight excluding hydrogens is 481 g/mol. The van der Waals surface area contributed by atoms with E-state index < -0.39 is 11.7 Å². The topological polar surface area (TPSA) is 50.8 Å². The molecule has 0 aromatic heterocycles. The van der Waals surface area contributed by atoms with Gasteiger partial charge in [-0.15, -0.1) is 0 Å². The zero-order valence-electron chi connectivity index (χ0n) is 20.3. The monoisotopic (exact) mass is 512 g/mol. The molecule has 1 aliphatic rings. The highest BCUT2D eigenvalue weighted by atomic mass is 35.5. The van der Waals surface area contributed by atoms with Gasteiger partial charge in [0.1, 0.15) is 6.61 Å². The summed E-state index contributed by atoms with van der Waals surface area (Å²) < 4.78 is 49.7. The molecule has 35 heavy (non-hydrogen) atoms. The van der Waals surface area contributed by atoms with Gasteiger partial charge in [0.2, 0.25) is 5.91 Å². The lowest BCUT2D eigenvalue weighted by Gasteiger charge is -2.34. The predicted octanol–water partition coefficient (Wildman–Crippen LogP) is 6.30. The Morgan fingerprint density at radius 1 is 1.11 bits per heavy atom. The van der Waals surface area contributed by atoms with Crippen molar-refractivity contribution in [3.63, 3.8) is 0 Å². The summed E-state index contributed by atoms with van der Waals surface area (Å²) in [6.45, 7) is 8.08. The van der Waals surface area contributed by atoms with Gasteiger partial charge in [-0.2, -0.15) is 13.2 Å². The Hall–Kier alpha value is -2.45. The number of benzene rings is 2. The number of methoxy groups -OCH3 is 1. The molecule has 192 valence electrons. The van der Waals surface area contributed by atoms with Crippen molar-refractivity contribution in [1.29, 1.82) is 0 Å². The molecule has 0 radical (unpaired) electrons. The van der Waals surface area contributed by atoms with Crippen LogP contribution in [0.2, 0.25) is 5.02 Å². The largest absolute Gasteiger partial charge is 0.493 e. The van der Waals surface area contributed by atoms with Crippen LogP contribution in [0.5, 0.6) is 11.5 Å². The average Bonchev–Trinajstić information content (AvgIpc) is 2.77. The normalized spacial score (nSPS) is 18.8. The van der Waals surface area contributed by atoms with Crippen LogP contribution in [-0.2, 0) is 17.4 Å². The number of hydrogen-bond donors (Lipinski definition) is 1. The smallest absolute Gasteiger partial charge is 0.416 e. The maximum atomic E-state index is 12.8. The van der Waals surface area contributed by atoms with Gasteiger partial charge in [-0.05, 0) is 54.5 Å². The van der Waals surface area contributed by atoms with Crippen LogP contribution in [0.3, 0.4) is 0 Å². The van der Waals surface area contributed by atoms with E-state index in [4.69, 9.17) is 21.1 Å². The zero-order chi connectivity index (χ0) is 25.6. The van der Waals surface area contributed by atoms with Gasteiger partial charge >= 0.3 is 6.18 Å². The van der Waals surface area contributed by atoms with E-state index >= 15 is 0 Å². The fourth-order valence-electron chi connectivity index (χ4n) is 4.52. The standard InChI is InChI=1S/C26H32ClF3N2O3/c1-17-12-18(2)16-32(15-17)10-11-35-23-8-7-21(14-24(23)34-3)31-25(33)9-5-19-4-6-20(13-22(19)27)26(28,29)30/h4,6-8,13-14,17-18H,5,9-12,15-16H2,1-3H3,(H,31,33). The molecule has 0 spiro atoms. The Balaban J connectivity index is 1.51. The number of carbonyl (C=O) groups is 1. The van der Waals surface area contributed by atoms with Gasteiger partial charge in [0.25, 0.3) is 0 Å². The van der Waals surface area contributed by atoms with Crippen molar-refractivity contribution < 1.29 is 27.4 Å². The maximum Gasteiger partial charge on any atom is 0.416 e. The predicted molar refractivity (Wildman–Crippen MR) is 131 cm³/mol. The Kier molecular flexibility index (Phi) is 9.30. The number of nitrogens with one attached hydrogen (secondary N) is 1. The number of aryl methyl sites for hydroxylation is 1. The lowest BCUT2D eigenvalue weighted by atomic mass is 9.92. The summed E-state index contributed by atoms with van der Waals surface area (Å²) >= 11 is 5.98. The highest BCUT2D eigenvalue weighted by molar-refractivity contribution is 6.31. The minimum absolute atomic E-state index is 0.00994. The number of nitrogens with zero attached hydrogens (tertiary/aromatic N) is 1. The number of carbonyl (C=O) groups excluding carboxylic acids is 1. The molecule has 1 saturated heterocycles. The van der Waals surface area contributed by atoms with Crippen LogP contribution >= 0.6 is 11.6 Å². The highest BCUT2D eigenvalue weighted by Crippen LogP contribution is 2.33. The second-order valence-electron chi connectivity index (χ2n) is 9.27. The molecule has 0 aliphatic carbocycles. The lowest BCUT2D eigenvalue weighted by molar-refractivity contribution is -0.137. The Morgan fingerprint density at radius 3 is 2.46 bits per heavy atom. The van der Waals surface area contributed by atoms with Crippen molar-refractivity contribution in [3.8, 4) is 11.5 Å². The van der Waals surface area contributed by atoms with Crippen LogP contribution in [0.4, 0.5) is 18.9 Å². The molecule has 2 atom stereocenters. The van der Waals surface area contributed by atoms with E-state index in [1.807, 2.05) is 0 Å². The molecule has 0 saturated carbocycles. The summed E-state index contributed by atoms with van der Waals surface area (Å²) in [7, 11) is 1.54. The van der Waals surface area contributed by atoms with Crippen LogP contribution in [0, 0.1) is 11.8 Å². The number of piperidine rings is 1. The molecule has 3 rings (SSSR count). The number of likely N-dealkylation sites (tertiary alicyclic amines) is 1. The first-order valence-corrected chi connectivity index (χ1v) is 12.1. The number of anilines is 1. The van der Waals surface area contributed by atoms with E-state index in [1.54, 1.807) is 18.2 Å². The van der Waals surface area contributed by atoms with Crippen molar-refractivity contribution >= 4 is 23.2 Å².